The van der Waals surface area contributed by atoms with Crippen LogP contribution in [0.5, 0.6) is 0 Å². The average molecular weight is 324 g/mol. The Hall–Kier alpha value is -2.40. The SMILES string of the molecule is C=C(C)C[C@H]1N(c2ccccc2)C(=O)[C@@H]2[C@H](C(=O)[O-])[C@H]3C=C[C@]21O3. The maximum atomic E-state index is 13.2. The molecule has 1 spiro atoms. The summed E-state index contributed by atoms with van der Waals surface area (Å²) in [5, 5.41) is 11.6. The Labute approximate surface area is 140 Å². The molecular formula is C19H18NO4-. The highest BCUT2D eigenvalue weighted by Crippen LogP contribution is 2.56. The topological polar surface area (TPSA) is 69.7 Å². The van der Waals surface area contributed by atoms with Gasteiger partial charge < -0.3 is 19.5 Å². The van der Waals surface area contributed by atoms with Gasteiger partial charge in [-0.3, -0.25) is 4.79 Å². The summed E-state index contributed by atoms with van der Waals surface area (Å²) in [6, 6.07) is 8.99. The lowest BCUT2D eigenvalue weighted by Crippen LogP contribution is -2.46. The molecule has 1 amide bonds. The van der Waals surface area contributed by atoms with E-state index < -0.39 is 29.5 Å². The number of hydrogen-bond donors (Lipinski definition) is 0. The zero-order valence-corrected chi connectivity index (χ0v) is 13.3. The highest BCUT2D eigenvalue weighted by Gasteiger charge is 2.69. The molecule has 0 aliphatic carbocycles. The Bertz CT molecular complexity index is 756. The molecule has 0 saturated carbocycles. The van der Waals surface area contributed by atoms with Gasteiger partial charge in [-0.05, 0) is 25.5 Å². The molecule has 0 N–H and O–H groups in total. The number of ether oxygens (including phenoxy) is 1. The summed E-state index contributed by atoms with van der Waals surface area (Å²) in [4.78, 5) is 26.5. The maximum absolute atomic E-state index is 13.2. The van der Waals surface area contributed by atoms with E-state index in [1.54, 1.807) is 11.0 Å². The molecule has 0 unspecified atom stereocenters. The summed E-state index contributed by atoms with van der Waals surface area (Å²) in [5.74, 6) is -3.13. The summed E-state index contributed by atoms with van der Waals surface area (Å²) in [7, 11) is 0. The molecule has 2 bridgehead atoms. The van der Waals surface area contributed by atoms with Gasteiger partial charge in [-0.25, -0.2) is 0 Å². The van der Waals surface area contributed by atoms with Crippen LogP contribution in [0.2, 0.25) is 0 Å². The van der Waals surface area contributed by atoms with Crippen molar-refractivity contribution in [1.29, 1.82) is 0 Å². The molecule has 5 heteroatoms. The Kier molecular flexibility index (Phi) is 3.18. The maximum Gasteiger partial charge on any atom is 0.234 e. The van der Waals surface area contributed by atoms with Crippen LogP contribution in [0, 0.1) is 11.8 Å². The van der Waals surface area contributed by atoms with Gasteiger partial charge in [0.2, 0.25) is 5.91 Å². The molecule has 24 heavy (non-hydrogen) atoms. The fourth-order valence-electron chi connectivity index (χ4n) is 4.40. The fraction of sp³-hybridized carbons (Fsp3) is 0.368. The average Bonchev–Trinajstić information content (AvgIpc) is 3.17. The van der Waals surface area contributed by atoms with E-state index in [0.29, 0.717) is 6.42 Å². The number of benzene rings is 1. The molecule has 124 valence electrons. The lowest BCUT2D eigenvalue weighted by molar-refractivity contribution is -0.313. The summed E-state index contributed by atoms with van der Waals surface area (Å²) >= 11 is 0. The largest absolute Gasteiger partial charge is 0.550 e. The first-order valence-corrected chi connectivity index (χ1v) is 8.06. The molecule has 5 nitrogen and oxygen atoms in total. The number of carboxylic acid groups (broad SMARTS) is 1. The second-order valence-electron chi connectivity index (χ2n) is 6.84. The molecule has 3 aliphatic rings. The van der Waals surface area contributed by atoms with Crippen LogP contribution in [-0.4, -0.2) is 29.6 Å². The smallest absolute Gasteiger partial charge is 0.234 e. The summed E-state index contributed by atoms with van der Waals surface area (Å²) < 4.78 is 6.06. The monoisotopic (exact) mass is 324 g/mol. The van der Waals surface area contributed by atoms with Crippen molar-refractivity contribution >= 4 is 17.6 Å². The number of carbonyl (C=O) groups excluding carboxylic acids is 2. The van der Waals surface area contributed by atoms with Crippen molar-refractivity contribution in [3.8, 4) is 0 Å². The van der Waals surface area contributed by atoms with Gasteiger partial charge in [0.05, 0.1) is 18.1 Å². The van der Waals surface area contributed by atoms with Gasteiger partial charge in [0.25, 0.3) is 0 Å². The molecule has 0 aromatic heterocycles. The van der Waals surface area contributed by atoms with Crippen molar-refractivity contribution in [1.82, 2.24) is 0 Å². The standard InChI is InChI=1S/C19H19NO4/c1-11(2)10-14-19-9-8-13(24-19)15(18(22)23)16(19)17(21)20(14)12-6-4-3-5-7-12/h3-9,13-16H,1,10H2,2H3,(H,22,23)/p-1/t13-,14-,15-,16+,19-/m1/s1. The fourth-order valence-corrected chi connectivity index (χ4v) is 4.40. The summed E-state index contributed by atoms with van der Waals surface area (Å²) in [5.41, 5.74) is 0.748. The number of anilines is 1. The minimum Gasteiger partial charge on any atom is -0.550 e. The third-order valence-electron chi connectivity index (χ3n) is 5.27. The number of aliphatic carboxylic acids is 1. The summed E-state index contributed by atoms with van der Waals surface area (Å²) in [6.45, 7) is 5.87. The third-order valence-corrected chi connectivity index (χ3v) is 5.27. The van der Waals surface area contributed by atoms with E-state index in [9.17, 15) is 14.7 Å². The summed E-state index contributed by atoms with van der Waals surface area (Å²) in [6.07, 6.45) is 3.59. The number of carbonyl (C=O) groups is 2. The zero-order chi connectivity index (χ0) is 17.1. The molecule has 2 saturated heterocycles. The van der Waals surface area contributed by atoms with E-state index in [-0.39, 0.29) is 11.9 Å². The Morgan fingerprint density at radius 2 is 2.08 bits per heavy atom. The Morgan fingerprint density at radius 3 is 2.71 bits per heavy atom. The van der Waals surface area contributed by atoms with Gasteiger partial charge in [-0.2, -0.15) is 0 Å². The number of hydrogen-bond acceptors (Lipinski definition) is 4. The lowest BCUT2D eigenvalue weighted by atomic mass is 9.74. The van der Waals surface area contributed by atoms with Gasteiger partial charge >= 0.3 is 0 Å². The normalized spacial score (nSPS) is 36.2. The third kappa shape index (κ3) is 1.85. The van der Waals surface area contributed by atoms with Gasteiger partial charge in [-0.15, -0.1) is 6.58 Å². The number of amides is 1. The van der Waals surface area contributed by atoms with Crippen LogP contribution >= 0.6 is 0 Å². The lowest BCUT2D eigenvalue weighted by Gasteiger charge is -2.33. The van der Waals surface area contributed by atoms with Crippen LogP contribution < -0.4 is 10.0 Å². The minimum atomic E-state index is -1.23. The van der Waals surface area contributed by atoms with Gasteiger partial charge in [0.15, 0.2) is 0 Å². The molecule has 3 aliphatic heterocycles. The number of carboxylic acids is 1. The van der Waals surface area contributed by atoms with Gasteiger partial charge in [0.1, 0.15) is 5.60 Å². The highest BCUT2D eigenvalue weighted by molar-refractivity contribution is 6.03. The number of para-hydroxylation sites is 1. The van der Waals surface area contributed by atoms with Crippen molar-refractivity contribution in [3.63, 3.8) is 0 Å². The van der Waals surface area contributed by atoms with Gasteiger partial charge in [0, 0.05) is 17.6 Å². The molecule has 1 aromatic carbocycles. The van der Waals surface area contributed by atoms with E-state index in [0.717, 1.165) is 11.3 Å². The molecular weight excluding hydrogens is 306 g/mol. The van der Waals surface area contributed by atoms with Crippen LogP contribution in [0.1, 0.15) is 13.3 Å². The van der Waals surface area contributed by atoms with Crippen LogP contribution in [0.15, 0.2) is 54.6 Å². The minimum absolute atomic E-state index is 0.214. The number of rotatable bonds is 4. The van der Waals surface area contributed by atoms with E-state index in [1.165, 1.54) is 0 Å². The van der Waals surface area contributed by atoms with Crippen molar-refractivity contribution in [2.24, 2.45) is 11.8 Å². The number of nitrogens with zero attached hydrogens (tertiary/aromatic N) is 1. The predicted molar refractivity (Wildman–Crippen MR) is 85.9 cm³/mol. The Morgan fingerprint density at radius 1 is 1.38 bits per heavy atom. The number of fused-ring (bicyclic) bond motifs is 1. The van der Waals surface area contributed by atoms with Crippen LogP contribution in [0.3, 0.4) is 0 Å². The Balaban J connectivity index is 1.85. The quantitative estimate of drug-likeness (QED) is 0.777. The van der Waals surface area contributed by atoms with Crippen LogP contribution in [-0.2, 0) is 14.3 Å². The first-order chi connectivity index (χ1) is 11.5. The van der Waals surface area contributed by atoms with Crippen molar-refractivity contribution in [3.05, 3.63) is 54.6 Å². The molecule has 0 radical (unpaired) electrons. The van der Waals surface area contributed by atoms with E-state index in [1.807, 2.05) is 43.3 Å². The van der Waals surface area contributed by atoms with Crippen molar-refractivity contribution in [2.45, 2.75) is 31.1 Å². The molecule has 4 rings (SSSR count). The van der Waals surface area contributed by atoms with E-state index in [2.05, 4.69) is 6.58 Å². The van der Waals surface area contributed by atoms with Crippen LogP contribution in [0.4, 0.5) is 5.69 Å². The van der Waals surface area contributed by atoms with Crippen molar-refractivity contribution < 1.29 is 19.4 Å². The first kappa shape index (κ1) is 15.1. The van der Waals surface area contributed by atoms with Crippen LogP contribution in [0.25, 0.3) is 0 Å². The predicted octanol–water partition coefficient (Wildman–Crippen LogP) is 1.06. The molecule has 1 aromatic rings. The second-order valence-corrected chi connectivity index (χ2v) is 6.84. The molecule has 2 fully saturated rings. The highest BCUT2D eigenvalue weighted by atomic mass is 16.5. The van der Waals surface area contributed by atoms with Gasteiger partial charge in [-0.1, -0.05) is 35.9 Å². The second kappa shape index (κ2) is 5.05. The molecule has 5 atom stereocenters. The van der Waals surface area contributed by atoms with E-state index in [4.69, 9.17) is 4.74 Å². The first-order valence-electron chi connectivity index (χ1n) is 8.06. The van der Waals surface area contributed by atoms with Crippen molar-refractivity contribution in [2.75, 3.05) is 4.90 Å². The molecule has 3 heterocycles. The zero-order valence-electron chi connectivity index (χ0n) is 13.3. The van der Waals surface area contributed by atoms with E-state index >= 15 is 0 Å².